The van der Waals surface area contributed by atoms with Gasteiger partial charge < -0.3 is 4.90 Å². The van der Waals surface area contributed by atoms with Gasteiger partial charge in [-0.3, -0.25) is 0 Å². The molecule has 0 saturated carbocycles. The van der Waals surface area contributed by atoms with Gasteiger partial charge in [0.1, 0.15) is 16.6 Å². The van der Waals surface area contributed by atoms with Crippen molar-refractivity contribution in [3.8, 4) is 0 Å². The first-order valence-corrected chi connectivity index (χ1v) is 9.49. The number of benzene rings is 1. The van der Waals surface area contributed by atoms with Crippen molar-refractivity contribution in [3.63, 3.8) is 0 Å². The molecular weight excluding hydrogens is 323 g/mol. The Morgan fingerprint density at radius 1 is 1.18 bits per heavy atom. The van der Waals surface area contributed by atoms with E-state index in [2.05, 4.69) is 0 Å². The third-order valence-electron chi connectivity index (χ3n) is 3.86. The fourth-order valence-corrected chi connectivity index (χ4v) is 5.28. The van der Waals surface area contributed by atoms with Crippen LogP contribution in [0.2, 0.25) is 0 Å². The monoisotopic (exact) mass is 341 g/mol. The molecule has 1 N–H and O–H groups in total. The van der Waals surface area contributed by atoms with Crippen LogP contribution in [0.25, 0.3) is 0 Å². The second-order valence-electron chi connectivity index (χ2n) is 5.39. The van der Waals surface area contributed by atoms with Crippen molar-refractivity contribution in [1.29, 1.82) is 0 Å². The maximum Gasteiger partial charge on any atom is 0.252 e. The van der Waals surface area contributed by atoms with Crippen molar-refractivity contribution >= 4 is 21.4 Å². The van der Waals surface area contributed by atoms with Gasteiger partial charge in [0.25, 0.3) is 10.0 Å². The lowest BCUT2D eigenvalue weighted by molar-refractivity contribution is -0.917. The molecule has 7 heteroatoms. The Labute approximate surface area is 133 Å². The maximum absolute atomic E-state index is 13.2. The highest BCUT2D eigenvalue weighted by Gasteiger charge is 2.30. The molecule has 0 atom stereocenters. The number of hydrogen-bond acceptors (Lipinski definition) is 3. The summed E-state index contributed by atoms with van der Waals surface area (Å²) < 4.78 is 40.0. The summed E-state index contributed by atoms with van der Waals surface area (Å²) in [5, 5.41) is 1.78. The van der Waals surface area contributed by atoms with E-state index in [9.17, 15) is 12.8 Å². The summed E-state index contributed by atoms with van der Waals surface area (Å²) in [7, 11) is -3.34. The van der Waals surface area contributed by atoms with Crippen LogP contribution >= 0.6 is 11.3 Å². The average Bonchev–Trinajstić information content (AvgIpc) is 3.03. The number of hydrogen-bond donors (Lipinski definition) is 1. The van der Waals surface area contributed by atoms with E-state index in [0.717, 1.165) is 25.2 Å². The van der Waals surface area contributed by atoms with Crippen molar-refractivity contribution in [3.05, 3.63) is 53.2 Å². The number of halogens is 1. The Balaban J connectivity index is 1.61. The average molecular weight is 341 g/mol. The van der Waals surface area contributed by atoms with Crippen molar-refractivity contribution < 1.29 is 17.7 Å². The fraction of sp³-hybridized carbons (Fsp3) is 0.333. The van der Waals surface area contributed by atoms with Crippen LogP contribution in [-0.4, -0.2) is 38.9 Å². The van der Waals surface area contributed by atoms with E-state index in [-0.39, 0.29) is 5.82 Å². The topological polar surface area (TPSA) is 41.8 Å². The van der Waals surface area contributed by atoms with Crippen LogP contribution in [-0.2, 0) is 16.6 Å². The molecule has 0 spiro atoms. The Morgan fingerprint density at radius 2 is 1.95 bits per heavy atom. The lowest BCUT2D eigenvalue weighted by Gasteiger charge is -2.31. The summed E-state index contributed by atoms with van der Waals surface area (Å²) in [6.45, 7) is 3.21. The molecule has 1 fully saturated rings. The minimum atomic E-state index is -3.34. The van der Waals surface area contributed by atoms with Crippen LogP contribution < -0.4 is 4.90 Å². The minimum absolute atomic E-state index is 0.226. The zero-order valence-electron chi connectivity index (χ0n) is 12.0. The maximum atomic E-state index is 13.2. The third kappa shape index (κ3) is 3.38. The number of rotatable bonds is 4. The van der Waals surface area contributed by atoms with Crippen LogP contribution in [0.5, 0.6) is 0 Å². The van der Waals surface area contributed by atoms with Crippen LogP contribution in [0, 0.1) is 5.82 Å². The molecule has 1 saturated heterocycles. The van der Waals surface area contributed by atoms with Crippen LogP contribution in [0.4, 0.5) is 4.39 Å². The number of sulfonamides is 1. The lowest BCUT2D eigenvalue weighted by atomic mass is 10.2. The normalized spacial score (nSPS) is 17.7. The summed E-state index contributed by atoms with van der Waals surface area (Å²) in [6, 6.07) is 9.99. The molecule has 1 aromatic heterocycles. The molecule has 2 aromatic rings. The SMILES string of the molecule is O=S(=O)(c1cccs1)N1CC[NH+](Cc2cccc(F)c2)CC1. The van der Waals surface area contributed by atoms with E-state index in [4.69, 9.17) is 0 Å². The Kier molecular flexibility index (Phi) is 4.58. The zero-order chi connectivity index (χ0) is 15.6. The van der Waals surface area contributed by atoms with Crippen molar-refractivity contribution in [2.75, 3.05) is 26.2 Å². The number of nitrogens with one attached hydrogen (secondary N) is 1. The molecule has 0 aliphatic carbocycles. The quantitative estimate of drug-likeness (QED) is 0.901. The third-order valence-corrected chi connectivity index (χ3v) is 7.13. The van der Waals surface area contributed by atoms with Gasteiger partial charge in [0.15, 0.2) is 0 Å². The van der Waals surface area contributed by atoms with Crippen molar-refractivity contribution in [2.24, 2.45) is 0 Å². The summed E-state index contributed by atoms with van der Waals surface area (Å²) in [4.78, 5) is 1.28. The smallest absolute Gasteiger partial charge is 0.252 e. The summed E-state index contributed by atoms with van der Waals surface area (Å²) in [5.41, 5.74) is 0.949. The van der Waals surface area contributed by atoms with Crippen LogP contribution in [0.3, 0.4) is 0 Å². The van der Waals surface area contributed by atoms with Crippen molar-refractivity contribution in [2.45, 2.75) is 10.8 Å². The van der Waals surface area contributed by atoms with E-state index in [1.165, 1.54) is 22.3 Å². The second-order valence-corrected chi connectivity index (χ2v) is 8.51. The predicted molar refractivity (Wildman–Crippen MR) is 83.9 cm³/mol. The molecule has 2 heterocycles. The van der Waals surface area contributed by atoms with Gasteiger partial charge in [-0.1, -0.05) is 18.2 Å². The van der Waals surface area contributed by atoms with Crippen LogP contribution in [0.1, 0.15) is 5.56 Å². The second kappa shape index (κ2) is 6.45. The van der Waals surface area contributed by atoms with E-state index in [1.807, 2.05) is 6.07 Å². The van der Waals surface area contributed by atoms with Gasteiger partial charge in [-0.2, -0.15) is 4.31 Å². The van der Waals surface area contributed by atoms with E-state index >= 15 is 0 Å². The first kappa shape index (κ1) is 15.6. The van der Waals surface area contributed by atoms with Gasteiger partial charge in [0.05, 0.1) is 26.2 Å². The van der Waals surface area contributed by atoms with Gasteiger partial charge in [-0.05, 0) is 23.6 Å². The molecule has 3 rings (SSSR count). The fourth-order valence-electron chi connectivity index (χ4n) is 2.69. The van der Waals surface area contributed by atoms with Crippen LogP contribution in [0.15, 0.2) is 46.0 Å². The Hall–Kier alpha value is -1.28. The van der Waals surface area contributed by atoms with Gasteiger partial charge in [-0.25, -0.2) is 12.8 Å². The largest absolute Gasteiger partial charge is 0.329 e. The molecular formula is C15H18FN2O2S2+. The standard InChI is InChI=1S/C15H17FN2O2S2/c16-14-4-1-3-13(11-14)12-17-6-8-18(9-7-17)22(19,20)15-5-2-10-21-15/h1-5,10-11H,6-9,12H2/p+1. The molecule has 22 heavy (non-hydrogen) atoms. The summed E-state index contributed by atoms with van der Waals surface area (Å²) in [5.74, 6) is -0.226. The molecule has 0 unspecified atom stereocenters. The summed E-state index contributed by atoms with van der Waals surface area (Å²) in [6.07, 6.45) is 0. The molecule has 118 valence electrons. The van der Waals surface area contributed by atoms with Gasteiger partial charge in [0.2, 0.25) is 0 Å². The minimum Gasteiger partial charge on any atom is -0.329 e. The van der Waals surface area contributed by atoms with Gasteiger partial charge in [0, 0.05) is 5.56 Å². The molecule has 0 bridgehead atoms. The number of thiophene rings is 1. The number of quaternary nitrogens is 1. The van der Waals surface area contributed by atoms with E-state index < -0.39 is 10.0 Å². The van der Waals surface area contributed by atoms with E-state index in [1.54, 1.807) is 34.0 Å². The molecule has 0 radical (unpaired) electrons. The molecule has 4 nitrogen and oxygen atoms in total. The Bertz CT molecular complexity index is 724. The molecule has 1 aliphatic heterocycles. The Morgan fingerprint density at radius 3 is 2.59 bits per heavy atom. The first-order valence-electron chi connectivity index (χ1n) is 7.17. The predicted octanol–water partition coefficient (Wildman–Crippen LogP) is 0.977. The van der Waals surface area contributed by atoms with Gasteiger partial charge in [-0.15, -0.1) is 11.3 Å². The number of nitrogens with zero attached hydrogens (tertiary/aromatic N) is 1. The zero-order valence-corrected chi connectivity index (χ0v) is 13.7. The highest BCUT2D eigenvalue weighted by molar-refractivity contribution is 7.91. The first-order chi connectivity index (χ1) is 10.6. The highest BCUT2D eigenvalue weighted by Crippen LogP contribution is 2.20. The van der Waals surface area contributed by atoms with Crippen molar-refractivity contribution in [1.82, 2.24) is 4.31 Å². The van der Waals surface area contributed by atoms with Gasteiger partial charge >= 0.3 is 0 Å². The molecule has 0 amide bonds. The highest BCUT2D eigenvalue weighted by atomic mass is 32.2. The van der Waals surface area contributed by atoms with E-state index in [0.29, 0.717) is 17.3 Å². The summed E-state index contributed by atoms with van der Waals surface area (Å²) >= 11 is 1.25. The molecule has 1 aromatic carbocycles. The number of piperazine rings is 1. The molecule has 1 aliphatic rings. The lowest BCUT2D eigenvalue weighted by Crippen LogP contribution is -3.13.